The minimum absolute atomic E-state index is 0.337. The number of aliphatic imine (C=N–C) groups is 1. The lowest BCUT2D eigenvalue weighted by atomic mass is 9.80. The Bertz CT molecular complexity index is 1200. The van der Waals surface area contributed by atoms with Gasteiger partial charge in [0.15, 0.2) is 0 Å². The molecule has 0 radical (unpaired) electrons. The Balaban J connectivity index is 0.000000617. The zero-order chi connectivity index (χ0) is 27.0. The second-order valence-electron chi connectivity index (χ2n) is 10.7. The van der Waals surface area contributed by atoms with Crippen LogP contribution in [0.3, 0.4) is 0 Å². The highest BCUT2D eigenvalue weighted by Crippen LogP contribution is 2.40. The number of fused-ring (bicyclic) bond motifs is 3. The Morgan fingerprint density at radius 1 is 1.03 bits per heavy atom. The molecule has 1 saturated carbocycles. The normalized spacial score (nSPS) is 25.8. The monoisotopic (exact) mass is 555 g/mol. The van der Waals surface area contributed by atoms with E-state index in [9.17, 15) is 8.42 Å². The average molecular weight is 556 g/mol. The van der Waals surface area contributed by atoms with Gasteiger partial charge in [0.25, 0.3) is 0 Å². The molecule has 5 rings (SSSR count). The highest BCUT2D eigenvalue weighted by molar-refractivity contribution is 7.89. The molecule has 38 heavy (non-hydrogen) atoms. The molecule has 1 heterocycles. The van der Waals surface area contributed by atoms with E-state index >= 15 is 0 Å². The van der Waals surface area contributed by atoms with E-state index in [1.807, 2.05) is 19.1 Å². The van der Waals surface area contributed by atoms with E-state index in [0.717, 1.165) is 68.8 Å². The minimum Gasteiger partial charge on any atom is -0.370 e. The Morgan fingerprint density at radius 3 is 2.45 bits per heavy atom. The van der Waals surface area contributed by atoms with Crippen molar-refractivity contribution in [2.45, 2.75) is 82.1 Å². The molecule has 0 bridgehead atoms. The summed E-state index contributed by atoms with van der Waals surface area (Å²) in [6.45, 7) is 5.54. The van der Waals surface area contributed by atoms with Crippen LogP contribution in [0.4, 0.5) is 0 Å². The number of benzene rings is 2. The summed E-state index contributed by atoms with van der Waals surface area (Å²) in [4.78, 5) is 5.31. The molecular weight excluding hydrogens is 514 g/mol. The van der Waals surface area contributed by atoms with Crippen LogP contribution >= 0.6 is 11.6 Å². The number of halogens is 1. The number of hydrogen-bond acceptors (Lipinski definition) is 3. The van der Waals surface area contributed by atoms with Gasteiger partial charge in [0.2, 0.25) is 10.0 Å². The van der Waals surface area contributed by atoms with Crippen molar-refractivity contribution < 1.29 is 8.42 Å². The van der Waals surface area contributed by atoms with E-state index in [4.69, 9.17) is 16.6 Å². The highest BCUT2D eigenvalue weighted by Gasteiger charge is 2.37. The molecule has 2 fully saturated rings. The molecule has 0 aromatic heterocycles. The summed E-state index contributed by atoms with van der Waals surface area (Å²) in [6.07, 6.45) is 12.8. The summed E-state index contributed by atoms with van der Waals surface area (Å²) in [5.41, 5.74) is 2.72. The Kier molecular flexibility index (Phi) is 10.5. The fraction of sp³-hybridized carbons (Fsp3) is 0.516. The molecular formula is C31H42ClN3O2S. The van der Waals surface area contributed by atoms with Gasteiger partial charge < -0.3 is 5.32 Å². The van der Waals surface area contributed by atoms with Crippen molar-refractivity contribution in [3.8, 4) is 0 Å². The van der Waals surface area contributed by atoms with Crippen LogP contribution in [-0.4, -0.2) is 33.4 Å². The van der Waals surface area contributed by atoms with Gasteiger partial charge in [-0.2, -0.15) is 0 Å². The van der Waals surface area contributed by atoms with E-state index in [1.165, 1.54) is 11.1 Å². The molecule has 2 aliphatic carbocycles. The molecule has 7 heteroatoms. The first-order valence-electron chi connectivity index (χ1n) is 14.1. The fourth-order valence-electron chi connectivity index (χ4n) is 5.92. The van der Waals surface area contributed by atoms with Crippen molar-refractivity contribution in [2.75, 3.05) is 13.1 Å². The molecule has 3 aliphatic rings. The van der Waals surface area contributed by atoms with E-state index in [0.29, 0.717) is 35.2 Å². The van der Waals surface area contributed by atoms with Crippen LogP contribution < -0.4 is 10.0 Å². The van der Waals surface area contributed by atoms with Crippen molar-refractivity contribution in [1.29, 1.82) is 0 Å². The number of hydrogen-bond donors (Lipinski definition) is 2. The summed E-state index contributed by atoms with van der Waals surface area (Å²) < 4.78 is 27.7. The van der Waals surface area contributed by atoms with E-state index in [2.05, 4.69) is 41.2 Å². The summed E-state index contributed by atoms with van der Waals surface area (Å²) in [7, 11) is -3.42. The average Bonchev–Trinajstić information content (AvgIpc) is 3.37. The van der Waals surface area contributed by atoms with Gasteiger partial charge in [0.05, 0.1) is 10.7 Å². The predicted octanol–water partition coefficient (Wildman–Crippen LogP) is 6.89. The maximum atomic E-state index is 12.4. The van der Waals surface area contributed by atoms with Crippen LogP contribution in [0.25, 0.3) is 0 Å². The van der Waals surface area contributed by atoms with Crippen LogP contribution in [0.15, 0.2) is 70.6 Å². The zero-order valence-electron chi connectivity index (χ0n) is 22.7. The van der Waals surface area contributed by atoms with Crippen LogP contribution in [0.2, 0.25) is 5.02 Å². The number of sulfonamides is 1. The Morgan fingerprint density at radius 2 is 1.76 bits per heavy atom. The number of rotatable bonds is 7. The van der Waals surface area contributed by atoms with Gasteiger partial charge in [-0.1, -0.05) is 61.0 Å². The first-order valence-corrected chi connectivity index (χ1v) is 16.0. The second kappa shape index (κ2) is 13.8. The second-order valence-corrected chi connectivity index (χ2v) is 12.9. The molecule has 206 valence electrons. The highest BCUT2D eigenvalue weighted by atomic mass is 35.5. The molecule has 5 nitrogen and oxygen atoms in total. The summed E-state index contributed by atoms with van der Waals surface area (Å²) in [5, 5.41) is 4.59. The van der Waals surface area contributed by atoms with Crippen LogP contribution in [0, 0.1) is 11.8 Å². The molecule has 0 amide bonds. The Labute approximate surface area is 234 Å². The van der Waals surface area contributed by atoms with Crippen molar-refractivity contribution in [2.24, 2.45) is 16.8 Å². The first-order chi connectivity index (χ1) is 18.4. The first kappa shape index (κ1) is 28.8. The number of allylic oxidation sites excluding steroid dienone is 2. The smallest absolute Gasteiger partial charge is 0.240 e. The molecule has 2 N–H and O–H groups in total. The number of nitrogens with one attached hydrogen (secondary N) is 2. The topological polar surface area (TPSA) is 70.6 Å². The molecule has 1 saturated heterocycles. The molecule has 2 aromatic rings. The van der Waals surface area contributed by atoms with Crippen molar-refractivity contribution in [3.05, 3.63) is 76.8 Å². The summed E-state index contributed by atoms with van der Waals surface area (Å²) >= 11 is 6.43. The third kappa shape index (κ3) is 7.49. The van der Waals surface area contributed by atoms with Gasteiger partial charge >= 0.3 is 0 Å². The van der Waals surface area contributed by atoms with Crippen LogP contribution in [-0.2, 0) is 16.4 Å². The SMILES string of the molecule is C/C=C/CC.O=S(=O)(NCC1CCC(CN=C2CC3c4cccc(Cl)c4CCC3N2)CC1)c1ccccc1. The minimum atomic E-state index is -3.42. The predicted molar refractivity (Wildman–Crippen MR) is 159 cm³/mol. The van der Waals surface area contributed by atoms with Crippen molar-refractivity contribution >= 4 is 27.5 Å². The molecule has 0 spiro atoms. The van der Waals surface area contributed by atoms with Gasteiger partial charge in [-0.15, -0.1) is 0 Å². The van der Waals surface area contributed by atoms with Gasteiger partial charge in [-0.05, 0) is 93.0 Å². The molecule has 1 aliphatic heterocycles. The maximum absolute atomic E-state index is 12.4. The van der Waals surface area contributed by atoms with Gasteiger partial charge in [-0.25, -0.2) is 13.1 Å². The van der Waals surface area contributed by atoms with E-state index < -0.39 is 10.0 Å². The van der Waals surface area contributed by atoms with Crippen molar-refractivity contribution in [1.82, 2.24) is 10.0 Å². The van der Waals surface area contributed by atoms with Gasteiger partial charge in [-0.3, -0.25) is 4.99 Å². The molecule has 2 unspecified atom stereocenters. The Hall–Kier alpha value is -2.15. The van der Waals surface area contributed by atoms with Gasteiger partial charge in [0, 0.05) is 36.5 Å². The van der Waals surface area contributed by atoms with Crippen LogP contribution in [0.5, 0.6) is 0 Å². The summed E-state index contributed by atoms with van der Waals surface area (Å²) in [6, 6.07) is 15.4. The quantitative estimate of drug-likeness (QED) is 0.365. The maximum Gasteiger partial charge on any atom is 0.240 e. The summed E-state index contributed by atoms with van der Waals surface area (Å²) in [5.74, 6) is 2.63. The third-order valence-electron chi connectivity index (χ3n) is 8.10. The lowest BCUT2D eigenvalue weighted by Crippen LogP contribution is -2.32. The number of amidine groups is 1. The fourth-order valence-corrected chi connectivity index (χ4v) is 7.34. The zero-order valence-corrected chi connectivity index (χ0v) is 24.3. The largest absolute Gasteiger partial charge is 0.370 e. The third-order valence-corrected chi connectivity index (χ3v) is 9.90. The molecule has 2 aromatic carbocycles. The van der Waals surface area contributed by atoms with E-state index in [-0.39, 0.29) is 0 Å². The number of nitrogens with zero attached hydrogens (tertiary/aromatic N) is 1. The lowest BCUT2D eigenvalue weighted by Gasteiger charge is -2.28. The van der Waals surface area contributed by atoms with Crippen molar-refractivity contribution in [3.63, 3.8) is 0 Å². The lowest BCUT2D eigenvalue weighted by molar-refractivity contribution is 0.280. The standard InChI is InChI=1S/C26H32ClN3O2S.C5H10/c27-24-8-4-7-21-22(24)13-14-25-23(21)15-26(30-25)28-16-18-9-11-19(12-10-18)17-29-33(31,32)20-5-2-1-3-6-20;1-3-5-4-2/h1-8,18-19,23,25,29H,9-17H2,(H,28,30);3,5H,4H2,1-2H3/b;5-3+. The molecule has 2 atom stereocenters. The van der Waals surface area contributed by atoms with E-state index in [1.54, 1.807) is 24.3 Å². The van der Waals surface area contributed by atoms with Crippen LogP contribution in [0.1, 0.15) is 75.8 Å². The van der Waals surface area contributed by atoms with Gasteiger partial charge in [0.1, 0.15) is 0 Å².